The predicted molar refractivity (Wildman–Crippen MR) is 105 cm³/mol. The zero-order valence-corrected chi connectivity index (χ0v) is 15.5. The largest absolute Gasteiger partial charge is 0.496 e. The fourth-order valence-electron chi connectivity index (χ4n) is 3.38. The van der Waals surface area contributed by atoms with Gasteiger partial charge in [-0.05, 0) is 35.9 Å². The van der Waals surface area contributed by atoms with E-state index in [9.17, 15) is 0 Å². The van der Waals surface area contributed by atoms with Crippen LogP contribution < -0.4 is 4.74 Å². The van der Waals surface area contributed by atoms with E-state index in [1.165, 1.54) is 5.56 Å². The van der Waals surface area contributed by atoms with Gasteiger partial charge in [0.15, 0.2) is 0 Å². The maximum absolute atomic E-state index is 6.18. The minimum Gasteiger partial charge on any atom is -0.496 e. The van der Waals surface area contributed by atoms with Crippen molar-refractivity contribution in [2.24, 2.45) is 0 Å². The molecule has 4 nitrogen and oxygen atoms in total. The molecule has 3 aromatic rings. The van der Waals surface area contributed by atoms with Crippen LogP contribution in [-0.4, -0.2) is 43.3 Å². The van der Waals surface area contributed by atoms with Crippen LogP contribution in [0.2, 0.25) is 5.02 Å². The van der Waals surface area contributed by atoms with Crippen molar-refractivity contribution in [3.63, 3.8) is 0 Å². The van der Waals surface area contributed by atoms with Crippen LogP contribution in [0.25, 0.3) is 22.2 Å². The average molecular weight is 369 g/mol. The summed E-state index contributed by atoms with van der Waals surface area (Å²) in [5.41, 5.74) is 4.03. The summed E-state index contributed by atoms with van der Waals surface area (Å²) in [5.74, 6) is 0.824. The number of nitrogens with zero attached hydrogens (tertiary/aromatic N) is 2. The van der Waals surface area contributed by atoms with E-state index in [2.05, 4.69) is 17.0 Å². The van der Waals surface area contributed by atoms with Gasteiger partial charge in [-0.15, -0.1) is 0 Å². The van der Waals surface area contributed by atoms with Gasteiger partial charge in [0.05, 0.1) is 31.5 Å². The Morgan fingerprint density at radius 3 is 2.73 bits per heavy atom. The fraction of sp³-hybridized carbons (Fsp3) is 0.286. The maximum Gasteiger partial charge on any atom is 0.128 e. The van der Waals surface area contributed by atoms with E-state index in [-0.39, 0.29) is 0 Å². The van der Waals surface area contributed by atoms with Crippen molar-refractivity contribution in [1.82, 2.24) is 9.88 Å². The van der Waals surface area contributed by atoms with Gasteiger partial charge in [0.25, 0.3) is 0 Å². The number of para-hydroxylation sites is 1. The Morgan fingerprint density at radius 1 is 1.12 bits per heavy atom. The van der Waals surface area contributed by atoms with Crippen molar-refractivity contribution < 1.29 is 9.47 Å². The molecule has 1 aliphatic heterocycles. The van der Waals surface area contributed by atoms with E-state index in [0.29, 0.717) is 5.02 Å². The quantitative estimate of drug-likeness (QED) is 0.683. The Bertz CT molecular complexity index is 923. The summed E-state index contributed by atoms with van der Waals surface area (Å²) in [6.45, 7) is 4.26. The molecule has 0 atom stereocenters. The molecule has 0 N–H and O–H groups in total. The van der Waals surface area contributed by atoms with Gasteiger partial charge >= 0.3 is 0 Å². The molecule has 134 valence electrons. The molecule has 1 saturated heterocycles. The number of fused-ring (bicyclic) bond motifs is 1. The lowest BCUT2D eigenvalue weighted by Crippen LogP contribution is -2.35. The summed E-state index contributed by atoms with van der Waals surface area (Å²) in [6.07, 6.45) is 0. The Morgan fingerprint density at radius 2 is 1.92 bits per heavy atom. The highest BCUT2D eigenvalue weighted by Gasteiger charge is 2.17. The average Bonchev–Trinajstić information content (AvgIpc) is 2.68. The van der Waals surface area contributed by atoms with Gasteiger partial charge in [-0.2, -0.15) is 0 Å². The monoisotopic (exact) mass is 368 g/mol. The lowest BCUT2D eigenvalue weighted by molar-refractivity contribution is 0.0342. The fourth-order valence-corrected chi connectivity index (χ4v) is 3.54. The molecule has 0 saturated carbocycles. The van der Waals surface area contributed by atoms with E-state index in [1.54, 1.807) is 7.11 Å². The van der Waals surface area contributed by atoms with Crippen LogP contribution in [0.4, 0.5) is 0 Å². The lowest BCUT2D eigenvalue weighted by Gasteiger charge is -2.27. The number of hydrogen-bond acceptors (Lipinski definition) is 4. The summed E-state index contributed by atoms with van der Waals surface area (Å²) in [7, 11) is 1.69. The second kappa shape index (κ2) is 7.62. The van der Waals surface area contributed by atoms with E-state index in [0.717, 1.165) is 60.8 Å². The molecule has 0 spiro atoms. The molecule has 5 heteroatoms. The minimum atomic E-state index is 0.692. The summed E-state index contributed by atoms with van der Waals surface area (Å²) in [6, 6.07) is 16.1. The predicted octanol–water partition coefficient (Wildman–Crippen LogP) is 4.40. The molecular weight excluding hydrogens is 348 g/mol. The highest BCUT2D eigenvalue weighted by Crippen LogP contribution is 2.33. The molecule has 1 aromatic heterocycles. The molecule has 26 heavy (non-hydrogen) atoms. The summed E-state index contributed by atoms with van der Waals surface area (Å²) in [5, 5.41) is 1.79. The Kier molecular flexibility index (Phi) is 5.07. The smallest absolute Gasteiger partial charge is 0.128 e. The van der Waals surface area contributed by atoms with Crippen molar-refractivity contribution in [3.8, 4) is 17.0 Å². The normalized spacial score (nSPS) is 15.3. The number of benzene rings is 2. The van der Waals surface area contributed by atoms with E-state index >= 15 is 0 Å². The molecule has 0 unspecified atom stereocenters. The van der Waals surface area contributed by atoms with E-state index in [4.69, 9.17) is 26.1 Å². The molecule has 1 fully saturated rings. The third kappa shape index (κ3) is 3.54. The highest BCUT2D eigenvalue weighted by atomic mass is 35.5. The number of halogens is 1. The van der Waals surface area contributed by atoms with Crippen LogP contribution in [0.3, 0.4) is 0 Å². The van der Waals surface area contributed by atoms with Gasteiger partial charge in [0, 0.05) is 35.6 Å². The van der Waals surface area contributed by atoms with Crippen molar-refractivity contribution in [2.45, 2.75) is 6.54 Å². The zero-order valence-electron chi connectivity index (χ0n) is 14.7. The zero-order chi connectivity index (χ0) is 17.9. The molecule has 0 bridgehead atoms. The molecule has 2 heterocycles. The van der Waals surface area contributed by atoms with Crippen LogP contribution >= 0.6 is 11.6 Å². The highest BCUT2D eigenvalue weighted by molar-refractivity contribution is 6.31. The van der Waals surface area contributed by atoms with Crippen LogP contribution in [0.5, 0.6) is 5.75 Å². The van der Waals surface area contributed by atoms with Crippen LogP contribution in [0, 0.1) is 0 Å². The number of rotatable bonds is 4. The Balaban J connectivity index is 1.85. The molecule has 1 aliphatic rings. The molecule has 0 radical (unpaired) electrons. The molecule has 2 aromatic carbocycles. The van der Waals surface area contributed by atoms with Crippen LogP contribution in [-0.2, 0) is 11.3 Å². The van der Waals surface area contributed by atoms with E-state index < -0.39 is 0 Å². The van der Waals surface area contributed by atoms with Gasteiger partial charge in [-0.25, -0.2) is 4.98 Å². The molecule has 0 amide bonds. The summed E-state index contributed by atoms with van der Waals surface area (Å²) < 4.78 is 11.1. The van der Waals surface area contributed by atoms with Gasteiger partial charge in [0.1, 0.15) is 5.75 Å². The van der Waals surface area contributed by atoms with Gasteiger partial charge in [-0.3, -0.25) is 4.90 Å². The third-order valence-electron chi connectivity index (χ3n) is 4.72. The van der Waals surface area contributed by atoms with Crippen molar-refractivity contribution in [2.75, 3.05) is 33.4 Å². The molecular formula is C21H21ClN2O2. The lowest BCUT2D eigenvalue weighted by atomic mass is 10.0. The van der Waals surface area contributed by atoms with Gasteiger partial charge in [0.2, 0.25) is 0 Å². The van der Waals surface area contributed by atoms with Gasteiger partial charge in [-0.1, -0.05) is 29.8 Å². The first-order valence-corrected chi connectivity index (χ1v) is 9.15. The van der Waals surface area contributed by atoms with Crippen molar-refractivity contribution in [3.05, 3.63) is 59.1 Å². The number of ether oxygens (including phenoxy) is 2. The van der Waals surface area contributed by atoms with Gasteiger partial charge < -0.3 is 9.47 Å². The van der Waals surface area contributed by atoms with Crippen LogP contribution in [0.1, 0.15) is 5.56 Å². The van der Waals surface area contributed by atoms with Crippen molar-refractivity contribution >= 4 is 22.5 Å². The number of aromatic nitrogens is 1. The summed E-state index contributed by atoms with van der Waals surface area (Å²) in [4.78, 5) is 7.36. The Hall–Kier alpha value is -2.14. The second-order valence-electron chi connectivity index (χ2n) is 6.42. The van der Waals surface area contributed by atoms with Crippen molar-refractivity contribution in [1.29, 1.82) is 0 Å². The SMILES string of the molecule is COc1ccccc1-c1nc2cc(Cl)ccc2cc1CN1CCOCC1. The third-order valence-corrected chi connectivity index (χ3v) is 4.95. The van der Waals surface area contributed by atoms with Crippen LogP contribution in [0.15, 0.2) is 48.5 Å². The summed E-state index contributed by atoms with van der Waals surface area (Å²) >= 11 is 6.18. The standard InChI is InChI=1S/C21H21ClN2O2/c1-25-20-5-3-2-4-18(20)21-16(14-24-8-10-26-11-9-24)12-15-6-7-17(22)13-19(15)23-21/h2-7,12-13H,8-11,14H2,1H3. The Labute approximate surface area is 158 Å². The number of methoxy groups -OCH3 is 1. The number of hydrogen-bond donors (Lipinski definition) is 0. The van der Waals surface area contributed by atoms with E-state index in [1.807, 2.05) is 36.4 Å². The molecule has 0 aliphatic carbocycles. The first kappa shape index (κ1) is 17.3. The number of pyridine rings is 1. The molecule has 4 rings (SSSR count). The minimum absolute atomic E-state index is 0.692. The first-order chi connectivity index (χ1) is 12.7. The first-order valence-electron chi connectivity index (χ1n) is 8.77. The second-order valence-corrected chi connectivity index (χ2v) is 6.86. The maximum atomic E-state index is 6.18. The number of morpholine rings is 1. The topological polar surface area (TPSA) is 34.6 Å².